The molecular formula is C18H14Cl2N2O2. The quantitative estimate of drug-likeness (QED) is 0.642. The van der Waals surface area contributed by atoms with Gasteiger partial charge in [-0.25, -0.2) is 0 Å². The van der Waals surface area contributed by atoms with E-state index in [1.807, 2.05) is 36.4 Å². The van der Waals surface area contributed by atoms with Crippen molar-refractivity contribution in [2.45, 2.75) is 18.5 Å². The first-order valence-corrected chi connectivity index (χ1v) is 8.34. The number of hydrogen-bond acceptors (Lipinski definition) is 2. The smallest absolute Gasteiger partial charge is 0.321 e. The molecular weight excluding hydrogens is 347 g/mol. The molecule has 1 aliphatic rings. The van der Waals surface area contributed by atoms with Gasteiger partial charge in [0.2, 0.25) is 0 Å². The summed E-state index contributed by atoms with van der Waals surface area (Å²) < 4.78 is 0. The van der Waals surface area contributed by atoms with Gasteiger partial charge in [-0.1, -0.05) is 53.5 Å². The maximum Gasteiger partial charge on any atom is 0.321 e. The third kappa shape index (κ3) is 2.38. The summed E-state index contributed by atoms with van der Waals surface area (Å²) in [6, 6.07) is 12.3. The molecule has 0 amide bonds. The van der Waals surface area contributed by atoms with Gasteiger partial charge in [0.05, 0.1) is 16.1 Å². The van der Waals surface area contributed by atoms with Crippen LogP contribution in [-0.2, 0) is 11.2 Å². The molecule has 1 aromatic heterocycles. The summed E-state index contributed by atoms with van der Waals surface area (Å²) in [7, 11) is 0. The van der Waals surface area contributed by atoms with E-state index in [0.717, 1.165) is 27.7 Å². The first-order chi connectivity index (χ1) is 11.6. The van der Waals surface area contributed by atoms with E-state index in [-0.39, 0.29) is 6.04 Å². The Bertz CT molecular complexity index is 951. The van der Waals surface area contributed by atoms with Gasteiger partial charge in [0.15, 0.2) is 0 Å². The first kappa shape index (κ1) is 15.5. The van der Waals surface area contributed by atoms with Crippen molar-refractivity contribution < 1.29 is 9.90 Å². The SMILES string of the molecule is O=C(O)[C@@H]1Cc2c([nH]c3ccccc23)[C@H](c2cccc(Cl)c2Cl)N1. The minimum Gasteiger partial charge on any atom is -0.480 e. The fraction of sp³-hybridized carbons (Fsp3) is 0.167. The van der Waals surface area contributed by atoms with Crippen LogP contribution < -0.4 is 5.32 Å². The second-order valence-corrected chi connectivity index (χ2v) is 6.69. The summed E-state index contributed by atoms with van der Waals surface area (Å²) in [5.74, 6) is -0.880. The van der Waals surface area contributed by atoms with Crippen molar-refractivity contribution in [1.29, 1.82) is 0 Å². The van der Waals surface area contributed by atoms with Crippen molar-refractivity contribution in [2.75, 3.05) is 0 Å². The molecule has 2 aromatic carbocycles. The van der Waals surface area contributed by atoms with E-state index < -0.39 is 12.0 Å². The number of aromatic nitrogens is 1. The van der Waals surface area contributed by atoms with Crippen LogP contribution >= 0.6 is 23.2 Å². The molecule has 24 heavy (non-hydrogen) atoms. The average Bonchev–Trinajstić information content (AvgIpc) is 2.95. The molecule has 0 radical (unpaired) electrons. The van der Waals surface area contributed by atoms with Crippen LogP contribution in [0.25, 0.3) is 10.9 Å². The molecule has 4 nitrogen and oxygen atoms in total. The minimum atomic E-state index is -0.880. The molecule has 0 unspecified atom stereocenters. The van der Waals surface area contributed by atoms with E-state index >= 15 is 0 Å². The lowest BCUT2D eigenvalue weighted by atomic mass is 9.90. The van der Waals surface area contributed by atoms with Crippen molar-refractivity contribution in [3.63, 3.8) is 0 Å². The van der Waals surface area contributed by atoms with E-state index in [2.05, 4.69) is 10.3 Å². The number of H-pyrrole nitrogens is 1. The number of para-hydroxylation sites is 1. The van der Waals surface area contributed by atoms with Crippen LogP contribution in [0.2, 0.25) is 10.0 Å². The van der Waals surface area contributed by atoms with E-state index in [4.69, 9.17) is 23.2 Å². The molecule has 2 heterocycles. The number of aliphatic carboxylic acids is 1. The van der Waals surface area contributed by atoms with Gasteiger partial charge in [-0.2, -0.15) is 0 Å². The number of fused-ring (bicyclic) bond motifs is 3. The number of nitrogens with one attached hydrogen (secondary N) is 2. The maximum absolute atomic E-state index is 11.6. The van der Waals surface area contributed by atoms with Crippen LogP contribution in [0, 0.1) is 0 Å². The van der Waals surface area contributed by atoms with Gasteiger partial charge in [0, 0.05) is 23.0 Å². The van der Waals surface area contributed by atoms with Crippen molar-refractivity contribution in [2.24, 2.45) is 0 Å². The molecule has 0 aliphatic carbocycles. The lowest BCUT2D eigenvalue weighted by Gasteiger charge is -2.30. The van der Waals surface area contributed by atoms with Crippen molar-refractivity contribution in [1.82, 2.24) is 10.3 Å². The summed E-state index contributed by atoms with van der Waals surface area (Å²) in [5, 5.41) is 14.6. The number of carboxylic acids is 1. The van der Waals surface area contributed by atoms with Crippen molar-refractivity contribution in [3.05, 3.63) is 69.3 Å². The van der Waals surface area contributed by atoms with Gasteiger partial charge in [0.1, 0.15) is 6.04 Å². The van der Waals surface area contributed by atoms with E-state index in [9.17, 15) is 9.90 Å². The molecule has 3 N–H and O–H groups in total. The predicted octanol–water partition coefficient (Wildman–Crippen LogP) is 4.16. The molecule has 6 heteroatoms. The van der Waals surface area contributed by atoms with Crippen molar-refractivity contribution >= 4 is 40.1 Å². The Morgan fingerprint density at radius 2 is 1.92 bits per heavy atom. The third-order valence-electron chi connectivity index (χ3n) is 4.50. The normalized spacial score (nSPS) is 20.1. The number of aromatic amines is 1. The van der Waals surface area contributed by atoms with Gasteiger partial charge < -0.3 is 10.1 Å². The Kier molecular flexibility index (Phi) is 3.76. The van der Waals surface area contributed by atoms with Gasteiger partial charge in [-0.05, 0) is 23.3 Å². The van der Waals surface area contributed by atoms with Gasteiger partial charge in [-0.3, -0.25) is 10.1 Å². The lowest BCUT2D eigenvalue weighted by molar-refractivity contribution is -0.139. The highest BCUT2D eigenvalue weighted by Crippen LogP contribution is 2.39. The van der Waals surface area contributed by atoms with Gasteiger partial charge in [0.25, 0.3) is 0 Å². The zero-order valence-corrected chi connectivity index (χ0v) is 14.0. The van der Waals surface area contributed by atoms with Crippen LogP contribution in [-0.4, -0.2) is 22.1 Å². The Morgan fingerprint density at radius 1 is 1.12 bits per heavy atom. The fourth-order valence-electron chi connectivity index (χ4n) is 3.38. The van der Waals surface area contributed by atoms with Crippen LogP contribution in [0.15, 0.2) is 42.5 Å². The number of hydrogen-bond donors (Lipinski definition) is 3. The monoisotopic (exact) mass is 360 g/mol. The molecule has 4 rings (SSSR count). The summed E-state index contributed by atoms with van der Waals surface area (Å²) in [5.41, 5.74) is 3.71. The van der Waals surface area contributed by atoms with Crippen molar-refractivity contribution in [3.8, 4) is 0 Å². The first-order valence-electron chi connectivity index (χ1n) is 7.58. The highest BCUT2D eigenvalue weighted by atomic mass is 35.5. The zero-order chi connectivity index (χ0) is 16.8. The van der Waals surface area contributed by atoms with Gasteiger partial charge >= 0.3 is 5.97 Å². The largest absolute Gasteiger partial charge is 0.480 e. The van der Waals surface area contributed by atoms with E-state index in [0.29, 0.717) is 16.5 Å². The number of halogens is 2. The Balaban J connectivity index is 1.94. The Labute approximate surface area is 148 Å². The molecule has 2 atom stereocenters. The lowest BCUT2D eigenvalue weighted by Crippen LogP contribution is -2.45. The molecule has 0 bridgehead atoms. The molecule has 3 aromatic rings. The predicted molar refractivity (Wildman–Crippen MR) is 94.9 cm³/mol. The summed E-state index contributed by atoms with van der Waals surface area (Å²) in [4.78, 5) is 15.0. The maximum atomic E-state index is 11.6. The number of carbonyl (C=O) groups is 1. The van der Waals surface area contributed by atoms with Crippen LogP contribution in [0.1, 0.15) is 22.9 Å². The van der Waals surface area contributed by atoms with Crippen LogP contribution in [0.3, 0.4) is 0 Å². The van der Waals surface area contributed by atoms with E-state index in [1.54, 1.807) is 6.07 Å². The summed E-state index contributed by atoms with van der Waals surface area (Å²) in [6.45, 7) is 0. The molecule has 0 fully saturated rings. The standard InChI is InChI=1S/C18H14Cl2N2O2/c19-12-6-3-5-10(15(12)20)16-17-11(8-14(22-16)18(23)24)9-4-1-2-7-13(9)21-17/h1-7,14,16,21-22H,8H2,(H,23,24)/t14-,16-/m0/s1. The average molecular weight is 361 g/mol. The molecule has 0 saturated carbocycles. The third-order valence-corrected chi connectivity index (χ3v) is 5.34. The topological polar surface area (TPSA) is 65.1 Å². The number of benzene rings is 2. The number of carboxylic acid groups (broad SMARTS) is 1. The van der Waals surface area contributed by atoms with E-state index in [1.165, 1.54) is 0 Å². The summed E-state index contributed by atoms with van der Waals surface area (Å²) >= 11 is 12.5. The molecule has 1 aliphatic heterocycles. The number of rotatable bonds is 2. The molecule has 0 saturated heterocycles. The van der Waals surface area contributed by atoms with Gasteiger partial charge in [-0.15, -0.1) is 0 Å². The molecule has 0 spiro atoms. The van der Waals surface area contributed by atoms with Crippen LogP contribution in [0.4, 0.5) is 0 Å². The zero-order valence-electron chi connectivity index (χ0n) is 12.5. The highest BCUT2D eigenvalue weighted by molar-refractivity contribution is 6.42. The molecule has 122 valence electrons. The Morgan fingerprint density at radius 3 is 2.71 bits per heavy atom. The summed E-state index contributed by atoms with van der Waals surface area (Å²) in [6.07, 6.45) is 0.420. The minimum absolute atomic E-state index is 0.353. The fourth-order valence-corrected chi connectivity index (χ4v) is 3.80. The van der Waals surface area contributed by atoms with Crippen LogP contribution in [0.5, 0.6) is 0 Å². The second kappa shape index (κ2) is 5.81. The second-order valence-electron chi connectivity index (χ2n) is 5.90. The highest BCUT2D eigenvalue weighted by Gasteiger charge is 2.34. The Hall–Kier alpha value is -2.01.